The predicted molar refractivity (Wildman–Crippen MR) is 81.9 cm³/mol. The molecule has 0 amide bonds. The summed E-state index contributed by atoms with van der Waals surface area (Å²) in [5.74, 6) is 0. The van der Waals surface area contributed by atoms with Crippen LogP contribution in [0.5, 0.6) is 0 Å². The lowest BCUT2D eigenvalue weighted by atomic mass is 10.1. The largest absolute Gasteiger partial charge is 0.416 e. The first-order valence-electron chi connectivity index (χ1n) is 7.00. The zero-order valence-corrected chi connectivity index (χ0v) is 13.8. The first kappa shape index (κ1) is 17.3. The van der Waals surface area contributed by atoms with E-state index in [1.807, 2.05) is 0 Å². The number of aromatic nitrogens is 1. The van der Waals surface area contributed by atoms with Crippen LogP contribution in [0, 0.1) is 0 Å². The van der Waals surface area contributed by atoms with Gasteiger partial charge in [0, 0.05) is 24.0 Å². The minimum Gasteiger partial charge on any atom is -0.392 e. The van der Waals surface area contributed by atoms with Crippen LogP contribution in [0.15, 0.2) is 34.5 Å². The first-order chi connectivity index (χ1) is 11.2. The van der Waals surface area contributed by atoms with Gasteiger partial charge in [0.2, 0.25) is 10.0 Å². The van der Waals surface area contributed by atoms with Crippen molar-refractivity contribution in [2.24, 2.45) is 0 Å². The quantitative estimate of drug-likeness (QED) is 0.891. The number of sulfonamides is 1. The second kappa shape index (κ2) is 6.10. The Morgan fingerprint density at radius 3 is 2.71 bits per heavy atom. The number of hydrogen-bond donors (Lipinski definition) is 1. The third-order valence-electron chi connectivity index (χ3n) is 3.74. The van der Waals surface area contributed by atoms with E-state index in [1.54, 1.807) is 0 Å². The molecule has 0 spiro atoms. The lowest BCUT2D eigenvalue weighted by Crippen LogP contribution is -2.29. The maximum Gasteiger partial charge on any atom is 0.416 e. The smallest absolute Gasteiger partial charge is 0.392 e. The van der Waals surface area contributed by atoms with E-state index in [1.165, 1.54) is 17.5 Å². The summed E-state index contributed by atoms with van der Waals surface area (Å²) in [6.07, 6.45) is -4.93. The van der Waals surface area contributed by atoms with E-state index < -0.39 is 27.9 Å². The average molecular weight is 378 g/mol. The van der Waals surface area contributed by atoms with Crippen molar-refractivity contribution in [2.45, 2.75) is 23.6 Å². The number of alkyl halides is 3. The first-order valence-corrected chi connectivity index (χ1v) is 9.27. The van der Waals surface area contributed by atoms with Gasteiger partial charge >= 0.3 is 6.18 Å². The number of β-amino-alcohol motifs (C(OH)–C–C–N with tert-alkyl or cyclic N) is 1. The molecule has 1 saturated heterocycles. The van der Waals surface area contributed by atoms with Crippen molar-refractivity contribution in [3.05, 3.63) is 35.2 Å². The normalized spacial score (nSPS) is 19.8. The van der Waals surface area contributed by atoms with Crippen LogP contribution in [-0.4, -0.2) is 41.4 Å². The number of hydrogen-bond acceptors (Lipinski definition) is 5. The summed E-state index contributed by atoms with van der Waals surface area (Å²) in [4.78, 5) is -0.138. The van der Waals surface area contributed by atoms with Gasteiger partial charge in [-0.15, -0.1) is 0 Å². The van der Waals surface area contributed by atoms with Gasteiger partial charge in [0.15, 0.2) is 0 Å². The highest BCUT2D eigenvalue weighted by atomic mass is 32.2. The van der Waals surface area contributed by atoms with Gasteiger partial charge in [-0.25, -0.2) is 8.42 Å². The summed E-state index contributed by atoms with van der Waals surface area (Å²) in [5.41, 5.74) is -0.787. The van der Waals surface area contributed by atoms with Crippen LogP contribution < -0.4 is 0 Å². The molecule has 0 bridgehead atoms. The molecule has 1 aromatic carbocycles. The van der Waals surface area contributed by atoms with E-state index in [4.69, 9.17) is 0 Å². The Kier molecular flexibility index (Phi) is 4.41. The lowest BCUT2D eigenvalue weighted by Gasteiger charge is -2.16. The zero-order valence-electron chi connectivity index (χ0n) is 12.2. The highest BCUT2D eigenvalue weighted by Crippen LogP contribution is 2.35. The molecule has 0 aliphatic carbocycles. The molecule has 0 unspecified atom stereocenters. The Bertz CT molecular complexity index is 849. The summed E-state index contributed by atoms with van der Waals surface area (Å²) >= 11 is 0.861. The topological polar surface area (TPSA) is 70.5 Å². The van der Waals surface area contributed by atoms with E-state index in [0.29, 0.717) is 6.42 Å². The number of halogens is 3. The average Bonchev–Trinajstić information content (AvgIpc) is 3.15. The second-order valence-corrected chi connectivity index (χ2v) is 7.95. The Hall–Kier alpha value is -1.49. The van der Waals surface area contributed by atoms with Gasteiger partial charge in [-0.2, -0.15) is 21.9 Å². The van der Waals surface area contributed by atoms with E-state index in [-0.39, 0.29) is 29.2 Å². The number of aliphatic hydroxyl groups is 1. The fourth-order valence-corrected chi connectivity index (χ4v) is 5.16. The minimum atomic E-state index is -4.52. The number of rotatable bonds is 3. The van der Waals surface area contributed by atoms with Crippen LogP contribution in [0.1, 0.15) is 12.0 Å². The van der Waals surface area contributed by atoms with Gasteiger partial charge in [0.05, 0.1) is 11.7 Å². The van der Waals surface area contributed by atoms with Crippen LogP contribution in [0.3, 0.4) is 0 Å². The molecule has 1 aliphatic rings. The van der Waals surface area contributed by atoms with E-state index in [2.05, 4.69) is 4.37 Å². The molecule has 1 atom stereocenters. The second-order valence-electron chi connectivity index (χ2n) is 5.41. The maximum absolute atomic E-state index is 12.9. The van der Waals surface area contributed by atoms with Gasteiger partial charge in [-0.1, -0.05) is 12.1 Å². The van der Waals surface area contributed by atoms with Gasteiger partial charge in [-0.3, -0.25) is 0 Å². The van der Waals surface area contributed by atoms with Crippen molar-refractivity contribution < 1.29 is 26.7 Å². The molecule has 1 aliphatic heterocycles. The van der Waals surface area contributed by atoms with Crippen molar-refractivity contribution in [3.8, 4) is 11.3 Å². The summed E-state index contributed by atoms with van der Waals surface area (Å²) in [5, 5.41) is 10.8. The highest BCUT2D eigenvalue weighted by molar-refractivity contribution is 7.89. The fraction of sp³-hybridized carbons (Fsp3) is 0.357. The van der Waals surface area contributed by atoms with Crippen molar-refractivity contribution in [1.82, 2.24) is 8.68 Å². The van der Waals surface area contributed by atoms with Crippen molar-refractivity contribution in [1.29, 1.82) is 0 Å². The molecule has 1 aromatic heterocycles. The van der Waals surface area contributed by atoms with Crippen LogP contribution >= 0.6 is 11.5 Å². The minimum absolute atomic E-state index is 0.00695. The van der Waals surface area contributed by atoms with Gasteiger partial charge in [-0.05, 0) is 30.1 Å². The molecule has 0 saturated carbocycles. The zero-order chi connectivity index (χ0) is 17.5. The van der Waals surface area contributed by atoms with Crippen LogP contribution in [0.25, 0.3) is 11.3 Å². The van der Waals surface area contributed by atoms with E-state index >= 15 is 0 Å². The number of aliphatic hydroxyl groups excluding tert-OH is 1. The summed E-state index contributed by atoms with van der Waals surface area (Å²) in [6.45, 7) is 0.140. The molecule has 2 aromatic rings. The predicted octanol–water partition coefficient (Wildman–Crippen LogP) is 2.58. The molecule has 1 N–H and O–H groups in total. The molecular weight excluding hydrogens is 365 g/mol. The monoisotopic (exact) mass is 378 g/mol. The van der Waals surface area contributed by atoms with Crippen molar-refractivity contribution >= 4 is 21.6 Å². The maximum atomic E-state index is 12.9. The number of benzene rings is 1. The third kappa shape index (κ3) is 3.18. The molecule has 5 nitrogen and oxygen atoms in total. The molecule has 130 valence electrons. The Morgan fingerprint density at radius 2 is 2.08 bits per heavy atom. The van der Waals surface area contributed by atoms with E-state index in [0.717, 1.165) is 28.0 Å². The lowest BCUT2D eigenvalue weighted by molar-refractivity contribution is -0.137. The summed E-state index contributed by atoms with van der Waals surface area (Å²) in [6, 6.07) is 4.41. The van der Waals surface area contributed by atoms with Crippen LogP contribution in [-0.2, 0) is 16.2 Å². The fourth-order valence-electron chi connectivity index (χ4n) is 2.52. The molecule has 1 fully saturated rings. The molecular formula is C14H13F3N2O3S2. The van der Waals surface area contributed by atoms with Gasteiger partial charge in [0.25, 0.3) is 0 Å². The highest BCUT2D eigenvalue weighted by Gasteiger charge is 2.35. The van der Waals surface area contributed by atoms with Crippen molar-refractivity contribution in [2.75, 3.05) is 13.1 Å². The molecule has 24 heavy (non-hydrogen) atoms. The molecule has 2 heterocycles. The summed E-state index contributed by atoms with van der Waals surface area (Å²) < 4.78 is 69.0. The van der Waals surface area contributed by atoms with E-state index in [9.17, 15) is 26.7 Å². The van der Waals surface area contributed by atoms with Crippen LogP contribution in [0.4, 0.5) is 13.2 Å². The third-order valence-corrected chi connectivity index (χ3v) is 6.40. The molecule has 3 rings (SSSR count). The Morgan fingerprint density at radius 1 is 1.33 bits per heavy atom. The molecule has 10 heteroatoms. The Balaban J connectivity index is 2.03. The SMILES string of the molecule is O=S(=O)(c1csnc1-c1cccc(C(F)(F)F)c1)N1CC[C@@H](O)C1. The Labute approximate surface area is 140 Å². The molecule has 0 radical (unpaired) electrons. The van der Waals surface area contributed by atoms with Gasteiger partial charge in [0.1, 0.15) is 10.6 Å². The van der Waals surface area contributed by atoms with Gasteiger partial charge < -0.3 is 5.11 Å². The number of nitrogens with zero attached hydrogens (tertiary/aromatic N) is 2. The van der Waals surface area contributed by atoms with Crippen molar-refractivity contribution in [3.63, 3.8) is 0 Å². The summed E-state index contributed by atoms with van der Waals surface area (Å²) in [7, 11) is -3.92. The van der Waals surface area contributed by atoms with Crippen LogP contribution in [0.2, 0.25) is 0 Å². The standard InChI is InChI=1S/C14H13F3N2O3S2/c15-14(16,17)10-3-1-2-9(6-10)13-12(8-23-18-13)24(21,22)19-5-4-11(20)7-19/h1-3,6,8,11,20H,4-5,7H2/t11-/m1/s1.